The SMILES string of the molecule is [CH2]CSCc1csc(NC(=N)N)n1. The number of guanidine groups is 1. The van der Waals surface area contributed by atoms with Crippen LogP contribution in [-0.2, 0) is 5.75 Å². The summed E-state index contributed by atoms with van der Waals surface area (Å²) in [6, 6.07) is 0. The van der Waals surface area contributed by atoms with Gasteiger partial charge in [0.25, 0.3) is 0 Å². The fraction of sp³-hybridized carbons (Fsp3) is 0.286. The molecule has 1 rings (SSSR count). The number of anilines is 1. The molecule has 0 unspecified atom stereocenters. The highest BCUT2D eigenvalue weighted by atomic mass is 32.2. The van der Waals surface area contributed by atoms with E-state index in [-0.39, 0.29) is 5.96 Å². The van der Waals surface area contributed by atoms with Gasteiger partial charge in [-0.15, -0.1) is 11.3 Å². The Balaban J connectivity index is 2.48. The first-order chi connectivity index (χ1) is 6.22. The Morgan fingerprint density at radius 2 is 2.62 bits per heavy atom. The van der Waals surface area contributed by atoms with E-state index in [2.05, 4.69) is 17.2 Å². The van der Waals surface area contributed by atoms with Crippen LogP contribution in [0.1, 0.15) is 5.69 Å². The number of rotatable bonds is 4. The molecule has 0 aliphatic heterocycles. The Morgan fingerprint density at radius 3 is 3.23 bits per heavy atom. The molecule has 0 atom stereocenters. The minimum absolute atomic E-state index is 0.0780. The van der Waals surface area contributed by atoms with Crippen LogP contribution in [0.4, 0.5) is 5.13 Å². The van der Waals surface area contributed by atoms with Crippen molar-refractivity contribution in [1.82, 2.24) is 4.98 Å². The van der Waals surface area contributed by atoms with Gasteiger partial charge in [-0.05, 0) is 12.7 Å². The zero-order valence-corrected chi connectivity index (χ0v) is 8.67. The minimum Gasteiger partial charge on any atom is -0.370 e. The Kier molecular flexibility index (Phi) is 4.04. The molecular weight excluding hydrogens is 204 g/mol. The summed E-state index contributed by atoms with van der Waals surface area (Å²) in [6.45, 7) is 3.72. The van der Waals surface area contributed by atoms with Crippen molar-refractivity contribution in [3.8, 4) is 0 Å². The number of nitrogens with two attached hydrogens (primary N) is 1. The van der Waals surface area contributed by atoms with Gasteiger partial charge in [0.1, 0.15) is 0 Å². The van der Waals surface area contributed by atoms with E-state index in [9.17, 15) is 0 Å². The molecule has 0 aliphatic carbocycles. The molecule has 0 spiro atoms. The minimum atomic E-state index is -0.0780. The summed E-state index contributed by atoms with van der Waals surface area (Å²) in [6.07, 6.45) is 0. The predicted molar refractivity (Wildman–Crippen MR) is 59.2 cm³/mol. The van der Waals surface area contributed by atoms with Crippen molar-refractivity contribution in [3.05, 3.63) is 18.0 Å². The number of nitrogens with one attached hydrogen (secondary N) is 2. The van der Waals surface area contributed by atoms with Crippen LogP contribution in [0.15, 0.2) is 5.38 Å². The molecule has 4 nitrogen and oxygen atoms in total. The predicted octanol–water partition coefficient (Wildman–Crippen LogP) is 1.52. The molecule has 0 aromatic carbocycles. The summed E-state index contributed by atoms with van der Waals surface area (Å²) in [7, 11) is 0. The normalized spacial score (nSPS) is 9.92. The summed E-state index contributed by atoms with van der Waals surface area (Å²) in [5.41, 5.74) is 6.16. The van der Waals surface area contributed by atoms with Gasteiger partial charge < -0.3 is 11.1 Å². The Bertz CT molecular complexity index is 284. The van der Waals surface area contributed by atoms with Gasteiger partial charge in [-0.3, -0.25) is 5.41 Å². The summed E-state index contributed by atoms with van der Waals surface area (Å²) in [5.74, 6) is 1.62. The Labute approximate surface area is 85.4 Å². The first kappa shape index (κ1) is 10.3. The van der Waals surface area contributed by atoms with Gasteiger partial charge in [0.2, 0.25) is 0 Å². The van der Waals surface area contributed by atoms with Crippen molar-refractivity contribution < 1.29 is 0 Å². The van der Waals surface area contributed by atoms with Crippen LogP contribution in [-0.4, -0.2) is 16.7 Å². The van der Waals surface area contributed by atoms with Crippen molar-refractivity contribution in [1.29, 1.82) is 5.41 Å². The fourth-order valence-corrected chi connectivity index (χ4v) is 2.05. The van der Waals surface area contributed by atoms with E-state index in [0.717, 1.165) is 17.2 Å². The van der Waals surface area contributed by atoms with E-state index in [1.54, 1.807) is 11.8 Å². The van der Waals surface area contributed by atoms with E-state index in [1.807, 2.05) is 5.38 Å². The van der Waals surface area contributed by atoms with Crippen LogP contribution in [0.5, 0.6) is 0 Å². The van der Waals surface area contributed by atoms with Crippen LogP contribution in [0, 0.1) is 12.3 Å². The second-order valence-corrected chi connectivity index (χ2v) is 4.20. The first-order valence-corrected chi connectivity index (χ1v) is 5.68. The maximum Gasteiger partial charge on any atom is 0.192 e. The van der Waals surface area contributed by atoms with E-state index in [0.29, 0.717) is 5.13 Å². The number of thioether (sulfide) groups is 1. The monoisotopic (exact) mass is 215 g/mol. The van der Waals surface area contributed by atoms with Gasteiger partial charge in [-0.2, -0.15) is 11.8 Å². The molecule has 4 N–H and O–H groups in total. The maximum absolute atomic E-state index is 7.00. The molecule has 0 saturated heterocycles. The van der Waals surface area contributed by atoms with Crippen LogP contribution in [0.25, 0.3) is 0 Å². The molecule has 1 aromatic heterocycles. The van der Waals surface area contributed by atoms with E-state index < -0.39 is 0 Å². The number of hydrogen-bond donors (Lipinski definition) is 3. The van der Waals surface area contributed by atoms with Gasteiger partial charge in [-0.1, -0.05) is 0 Å². The zero-order valence-electron chi connectivity index (χ0n) is 7.04. The highest BCUT2D eigenvalue weighted by Crippen LogP contribution is 2.18. The van der Waals surface area contributed by atoms with Crippen molar-refractivity contribution in [2.75, 3.05) is 11.1 Å². The largest absolute Gasteiger partial charge is 0.370 e. The van der Waals surface area contributed by atoms with Crippen molar-refractivity contribution in [2.24, 2.45) is 5.73 Å². The number of aromatic nitrogens is 1. The Hall–Kier alpha value is -0.750. The third kappa shape index (κ3) is 3.65. The summed E-state index contributed by atoms with van der Waals surface area (Å²) >= 11 is 3.17. The summed E-state index contributed by atoms with van der Waals surface area (Å²) in [5, 5.41) is 12.3. The quantitative estimate of drug-likeness (QED) is 0.526. The van der Waals surface area contributed by atoms with E-state index >= 15 is 0 Å². The fourth-order valence-electron chi connectivity index (χ4n) is 0.723. The van der Waals surface area contributed by atoms with Gasteiger partial charge in [0.15, 0.2) is 11.1 Å². The van der Waals surface area contributed by atoms with Crippen LogP contribution in [0.2, 0.25) is 0 Å². The highest BCUT2D eigenvalue weighted by molar-refractivity contribution is 7.98. The standard InChI is InChI=1S/C7H11N4S2/c1-2-12-3-5-4-13-7(10-5)11-6(8)9/h4H,1-3H2,(H4,8,9,10,11). The van der Waals surface area contributed by atoms with E-state index in [4.69, 9.17) is 11.1 Å². The van der Waals surface area contributed by atoms with Gasteiger partial charge in [0.05, 0.1) is 5.69 Å². The molecule has 1 radical (unpaired) electrons. The third-order valence-corrected chi connectivity index (χ3v) is 2.78. The molecule has 71 valence electrons. The van der Waals surface area contributed by atoms with Gasteiger partial charge in [-0.25, -0.2) is 4.98 Å². The smallest absolute Gasteiger partial charge is 0.192 e. The Morgan fingerprint density at radius 1 is 1.85 bits per heavy atom. The lowest BCUT2D eigenvalue weighted by Crippen LogP contribution is -2.20. The van der Waals surface area contributed by atoms with Crippen LogP contribution < -0.4 is 11.1 Å². The molecule has 0 amide bonds. The zero-order chi connectivity index (χ0) is 9.68. The molecule has 1 aromatic rings. The molecular formula is C7H11N4S2. The number of nitrogens with zero attached hydrogens (tertiary/aromatic N) is 1. The lowest BCUT2D eigenvalue weighted by atomic mass is 10.6. The number of thiazole rings is 1. The first-order valence-electron chi connectivity index (χ1n) is 3.65. The second-order valence-electron chi connectivity index (χ2n) is 2.24. The van der Waals surface area contributed by atoms with Gasteiger partial charge in [0, 0.05) is 11.1 Å². The second kappa shape index (κ2) is 5.08. The topological polar surface area (TPSA) is 74.8 Å². The molecule has 0 aliphatic rings. The van der Waals surface area contributed by atoms with E-state index in [1.165, 1.54) is 11.3 Å². The van der Waals surface area contributed by atoms with Crippen molar-refractivity contribution in [3.63, 3.8) is 0 Å². The summed E-state index contributed by atoms with van der Waals surface area (Å²) in [4.78, 5) is 4.23. The van der Waals surface area contributed by atoms with Gasteiger partial charge >= 0.3 is 0 Å². The molecule has 0 saturated carbocycles. The van der Waals surface area contributed by atoms with Crippen LogP contribution >= 0.6 is 23.1 Å². The molecule has 0 bridgehead atoms. The lowest BCUT2D eigenvalue weighted by Gasteiger charge is -1.96. The molecule has 0 fully saturated rings. The lowest BCUT2D eigenvalue weighted by molar-refractivity contribution is 1.23. The third-order valence-electron chi connectivity index (χ3n) is 1.19. The molecule has 13 heavy (non-hydrogen) atoms. The van der Waals surface area contributed by atoms with Crippen molar-refractivity contribution >= 4 is 34.2 Å². The number of hydrogen-bond acceptors (Lipinski definition) is 4. The maximum atomic E-state index is 7.00. The average Bonchev–Trinajstić information content (AvgIpc) is 2.48. The molecule has 6 heteroatoms. The highest BCUT2D eigenvalue weighted by Gasteiger charge is 2.01. The molecule has 1 heterocycles. The summed E-state index contributed by atoms with van der Waals surface area (Å²) < 4.78 is 0. The van der Waals surface area contributed by atoms with Crippen molar-refractivity contribution in [2.45, 2.75) is 5.75 Å². The average molecular weight is 215 g/mol. The van der Waals surface area contributed by atoms with Crippen LogP contribution in [0.3, 0.4) is 0 Å².